The summed E-state index contributed by atoms with van der Waals surface area (Å²) in [6.07, 6.45) is 4.02. The summed E-state index contributed by atoms with van der Waals surface area (Å²) in [4.78, 5) is 21.1. The van der Waals surface area contributed by atoms with Crippen molar-refractivity contribution in [1.82, 2.24) is 14.5 Å². The van der Waals surface area contributed by atoms with Crippen LogP contribution in [0.15, 0.2) is 82.3 Å². The molecule has 0 saturated carbocycles. The molecule has 1 aromatic heterocycles. The van der Waals surface area contributed by atoms with E-state index in [4.69, 9.17) is 10.2 Å². The molecule has 0 bridgehead atoms. The molecule has 3 N–H and O–H groups in total. The zero-order valence-corrected chi connectivity index (χ0v) is 16.5. The number of furan rings is 1. The molecule has 0 atom stereocenters. The van der Waals surface area contributed by atoms with Crippen molar-refractivity contribution in [2.24, 2.45) is 0 Å². The lowest BCUT2D eigenvalue weighted by molar-refractivity contribution is 0.519. The van der Waals surface area contributed by atoms with Gasteiger partial charge in [-0.15, -0.1) is 0 Å². The van der Waals surface area contributed by atoms with E-state index >= 15 is 0 Å². The lowest BCUT2D eigenvalue weighted by Gasteiger charge is -2.14. The van der Waals surface area contributed by atoms with Crippen LogP contribution in [0.1, 0.15) is 22.7 Å². The number of nitrogen functional groups attached to an aromatic ring is 1. The van der Waals surface area contributed by atoms with Crippen molar-refractivity contribution in [3.63, 3.8) is 0 Å². The quantitative estimate of drug-likeness (QED) is 0.423. The molecule has 31 heavy (non-hydrogen) atoms. The van der Waals surface area contributed by atoms with Crippen LogP contribution in [0.3, 0.4) is 0 Å². The maximum absolute atomic E-state index is 14.0. The number of imidazole rings is 1. The van der Waals surface area contributed by atoms with E-state index in [1.807, 2.05) is 30.3 Å². The topological polar surface area (TPSA) is 89.8 Å². The molecule has 0 radical (unpaired) electrons. The maximum atomic E-state index is 14.0. The summed E-state index contributed by atoms with van der Waals surface area (Å²) in [5.74, 6) is 0.746. The second-order valence-electron chi connectivity index (χ2n) is 7.40. The molecule has 154 valence electrons. The standard InChI is InChI=1S/C24H19FN4O2/c25-17-10-16(11-18(26)12-17)22-14-29-23(20(27-22)9-15-5-2-1-3-6-15)28-21(24(29)30)13-19-7-4-8-31-19/h1-8,10-12,14,27H,9,13,26H2. The Morgan fingerprint density at radius 1 is 1.06 bits per heavy atom. The third kappa shape index (κ3) is 3.73. The molecule has 3 aromatic rings. The predicted molar refractivity (Wildman–Crippen MR) is 116 cm³/mol. The first-order valence-corrected chi connectivity index (χ1v) is 9.83. The van der Waals surface area contributed by atoms with Crippen molar-refractivity contribution in [2.75, 3.05) is 5.73 Å². The van der Waals surface area contributed by atoms with Crippen LogP contribution in [0.4, 0.5) is 10.1 Å². The normalized spacial score (nSPS) is 11.3. The zero-order valence-electron chi connectivity index (χ0n) is 16.5. The van der Waals surface area contributed by atoms with Gasteiger partial charge in [0.05, 0.1) is 24.1 Å². The molecule has 0 amide bonds. The number of aromatic nitrogens is 3. The third-order valence-corrected chi connectivity index (χ3v) is 5.13. The molecule has 3 heterocycles. The van der Waals surface area contributed by atoms with E-state index in [1.165, 1.54) is 16.7 Å². The van der Waals surface area contributed by atoms with Gasteiger partial charge in [-0.1, -0.05) is 30.3 Å². The molecule has 7 heteroatoms. The van der Waals surface area contributed by atoms with Gasteiger partial charge in [0, 0.05) is 23.9 Å². The number of anilines is 1. The Morgan fingerprint density at radius 2 is 1.90 bits per heavy atom. The lowest BCUT2D eigenvalue weighted by Crippen LogP contribution is -2.17. The molecule has 0 saturated heterocycles. The fourth-order valence-electron chi connectivity index (χ4n) is 3.71. The summed E-state index contributed by atoms with van der Waals surface area (Å²) in [6, 6.07) is 17.7. The average molecular weight is 414 g/mol. The molecule has 6 nitrogen and oxygen atoms in total. The van der Waals surface area contributed by atoms with Crippen molar-refractivity contribution < 1.29 is 8.81 Å². The van der Waals surface area contributed by atoms with Crippen molar-refractivity contribution in [3.05, 3.63) is 112 Å². The number of nitrogens with two attached hydrogens (primary N) is 1. The Balaban J connectivity index is 1.68. The number of halogens is 1. The van der Waals surface area contributed by atoms with Gasteiger partial charge in [-0.05, 0) is 35.9 Å². The summed E-state index contributed by atoms with van der Waals surface area (Å²) < 4.78 is 20.9. The number of nitrogens with zero attached hydrogens (tertiary/aromatic N) is 2. The van der Waals surface area contributed by atoms with E-state index in [0.717, 1.165) is 11.3 Å². The highest BCUT2D eigenvalue weighted by atomic mass is 19.1. The lowest BCUT2D eigenvalue weighted by atomic mass is 10.1. The monoisotopic (exact) mass is 414 g/mol. The second kappa shape index (κ2) is 7.60. The van der Waals surface area contributed by atoms with E-state index in [9.17, 15) is 9.18 Å². The van der Waals surface area contributed by atoms with Gasteiger partial charge in [0.1, 0.15) is 17.3 Å². The molecule has 0 spiro atoms. The number of H-pyrrole nitrogens is 1. The van der Waals surface area contributed by atoms with Gasteiger partial charge in [0.2, 0.25) is 0 Å². The number of benzene rings is 2. The molecule has 0 aliphatic carbocycles. The van der Waals surface area contributed by atoms with Crippen molar-refractivity contribution in [1.29, 1.82) is 0 Å². The van der Waals surface area contributed by atoms with Gasteiger partial charge in [-0.25, -0.2) is 9.37 Å². The van der Waals surface area contributed by atoms with Crippen molar-refractivity contribution in [2.45, 2.75) is 12.8 Å². The summed E-state index contributed by atoms with van der Waals surface area (Å²) in [6.45, 7) is 0. The van der Waals surface area contributed by atoms with E-state index < -0.39 is 5.82 Å². The van der Waals surface area contributed by atoms with Crippen LogP contribution in [0.25, 0.3) is 17.1 Å². The Kier molecular flexibility index (Phi) is 4.63. The van der Waals surface area contributed by atoms with Gasteiger partial charge >= 0.3 is 0 Å². The molecular formula is C24H19FN4O2. The fourth-order valence-corrected chi connectivity index (χ4v) is 3.71. The Labute approximate surface area is 177 Å². The number of nitrogens with one attached hydrogen (secondary N) is 1. The largest absolute Gasteiger partial charge is 0.469 e. The highest BCUT2D eigenvalue weighted by Gasteiger charge is 2.21. The molecular weight excluding hydrogens is 395 g/mol. The second-order valence-corrected chi connectivity index (χ2v) is 7.40. The van der Waals surface area contributed by atoms with Crippen LogP contribution >= 0.6 is 0 Å². The molecule has 2 aliphatic heterocycles. The van der Waals surface area contributed by atoms with Crippen molar-refractivity contribution >= 4 is 5.69 Å². The molecule has 2 aromatic carbocycles. The summed E-state index contributed by atoms with van der Waals surface area (Å²) in [7, 11) is 0. The Hall–Kier alpha value is -4.13. The van der Waals surface area contributed by atoms with Gasteiger partial charge in [-0.2, -0.15) is 0 Å². The summed E-state index contributed by atoms with van der Waals surface area (Å²) in [5.41, 5.74) is 9.21. The Morgan fingerprint density at radius 3 is 2.65 bits per heavy atom. The molecule has 0 unspecified atom stereocenters. The van der Waals surface area contributed by atoms with E-state index in [2.05, 4.69) is 9.97 Å². The summed E-state index contributed by atoms with van der Waals surface area (Å²) in [5, 5.41) is 0. The van der Waals surface area contributed by atoms with Crippen molar-refractivity contribution in [3.8, 4) is 17.1 Å². The van der Waals surface area contributed by atoms with Gasteiger partial charge in [-0.3, -0.25) is 9.36 Å². The number of hydrogen-bond acceptors (Lipinski definition) is 4. The Bertz CT molecular complexity index is 1350. The van der Waals surface area contributed by atoms with E-state index in [-0.39, 0.29) is 5.56 Å². The van der Waals surface area contributed by atoms with Crippen LogP contribution in [0, 0.1) is 5.82 Å². The maximum Gasteiger partial charge on any atom is 0.278 e. The number of aromatic amines is 1. The smallest absolute Gasteiger partial charge is 0.278 e. The van der Waals surface area contributed by atoms with Gasteiger partial charge < -0.3 is 15.1 Å². The van der Waals surface area contributed by atoms with Crippen LogP contribution < -0.4 is 11.3 Å². The minimum Gasteiger partial charge on any atom is -0.469 e. The number of fused-ring (bicyclic) bond motifs is 1. The first-order valence-electron chi connectivity index (χ1n) is 9.83. The molecule has 2 aliphatic rings. The van der Waals surface area contributed by atoms with Gasteiger partial charge in [0.15, 0.2) is 5.82 Å². The molecule has 0 fully saturated rings. The van der Waals surface area contributed by atoms with Gasteiger partial charge in [0.25, 0.3) is 5.56 Å². The van der Waals surface area contributed by atoms with Crippen LogP contribution in [0.5, 0.6) is 0 Å². The highest BCUT2D eigenvalue weighted by molar-refractivity contribution is 5.65. The summed E-state index contributed by atoms with van der Waals surface area (Å²) >= 11 is 0. The van der Waals surface area contributed by atoms with E-state index in [1.54, 1.807) is 30.7 Å². The first-order chi connectivity index (χ1) is 15.1. The predicted octanol–water partition coefficient (Wildman–Crippen LogP) is 4.16. The fraction of sp³-hybridized carbons (Fsp3) is 0.0833. The van der Waals surface area contributed by atoms with Crippen LogP contribution in [-0.4, -0.2) is 14.5 Å². The van der Waals surface area contributed by atoms with E-state index in [0.29, 0.717) is 47.1 Å². The third-order valence-electron chi connectivity index (χ3n) is 5.13. The zero-order chi connectivity index (χ0) is 21.4. The first kappa shape index (κ1) is 18.9. The number of rotatable bonds is 5. The van der Waals surface area contributed by atoms with Crippen LogP contribution in [-0.2, 0) is 12.8 Å². The average Bonchev–Trinajstić information content (AvgIpc) is 3.37. The highest BCUT2D eigenvalue weighted by Crippen LogP contribution is 2.26. The minimum atomic E-state index is -0.445. The SMILES string of the molecule is Nc1cc(F)cc(-c2cn3c(=O)c(Cc4ccco4)nc-3c(Cc3ccccc3)[nH]2)c1. The molecule has 5 rings (SSSR count). The number of hydrogen-bond donors (Lipinski definition) is 2. The van der Waals surface area contributed by atoms with Crippen LogP contribution in [0.2, 0.25) is 0 Å². The minimum absolute atomic E-state index is 0.236.